The van der Waals surface area contributed by atoms with Crippen LogP contribution in [0.3, 0.4) is 0 Å². The van der Waals surface area contributed by atoms with Crippen molar-refractivity contribution in [3.05, 3.63) is 52.4 Å². The molecule has 0 saturated carbocycles. The Balaban J connectivity index is 1.72. The number of anilines is 1. The van der Waals surface area contributed by atoms with Crippen LogP contribution in [0.1, 0.15) is 12.2 Å². The zero-order chi connectivity index (χ0) is 14.4. The fraction of sp³-hybridized carbons (Fsp3) is 0.214. The molecule has 0 aliphatic carbocycles. The minimum atomic E-state index is -0.0629. The van der Waals surface area contributed by atoms with Crippen LogP contribution in [0.15, 0.2) is 41.0 Å². The Morgan fingerprint density at radius 1 is 1.20 bits per heavy atom. The van der Waals surface area contributed by atoms with Gasteiger partial charge in [0.2, 0.25) is 5.91 Å². The normalized spacial score (nSPS) is 10.3. The lowest BCUT2D eigenvalue weighted by Crippen LogP contribution is -2.24. The van der Waals surface area contributed by atoms with Gasteiger partial charge in [-0.25, -0.2) is 0 Å². The Hall–Kier alpha value is -1.65. The first-order chi connectivity index (χ1) is 9.66. The van der Waals surface area contributed by atoms with Crippen molar-refractivity contribution in [1.29, 1.82) is 0 Å². The molecule has 0 radical (unpaired) electrons. The van der Waals surface area contributed by atoms with Crippen LogP contribution in [0.4, 0.5) is 5.69 Å². The summed E-state index contributed by atoms with van der Waals surface area (Å²) in [5, 5.41) is 6.79. The number of benzene rings is 1. The predicted molar refractivity (Wildman–Crippen MR) is 80.1 cm³/mol. The maximum Gasteiger partial charge on any atom is 0.222 e. The van der Waals surface area contributed by atoms with Gasteiger partial charge in [-0.1, -0.05) is 29.3 Å². The highest BCUT2D eigenvalue weighted by molar-refractivity contribution is 6.43. The molecule has 2 rings (SSSR count). The van der Waals surface area contributed by atoms with Crippen molar-refractivity contribution < 1.29 is 9.21 Å². The molecule has 4 nitrogen and oxygen atoms in total. The predicted octanol–water partition coefficient (Wildman–Crippen LogP) is 3.70. The molecule has 1 heterocycles. The van der Waals surface area contributed by atoms with Crippen molar-refractivity contribution in [2.24, 2.45) is 0 Å². The molecule has 1 aromatic carbocycles. The fourth-order valence-electron chi connectivity index (χ4n) is 1.64. The molecule has 0 fully saturated rings. The second kappa shape index (κ2) is 7.22. The topological polar surface area (TPSA) is 54.3 Å². The summed E-state index contributed by atoms with van der Waals surface area (Å²) in [6, 6.07) is 8.92. The third kappa shape index (κ3) is 4.18. The zero-order valence-electron chi connectivity index (χ0n) is 10.7. The molecular weight excluding hydrogens is 299 g/mol. The van der Waals surface area contributed by atoms with Crippen LogP contribution in [-0.2, 0) is 11.3 Å². The smallest absolute Gasteiger partial charge is 0.222 e. The minimum Gasteiger partial charge on any atom is -0.467 e. The van der Waals surface area contributed by atoms with Gasteiger partial charge in [0.15, 0.2) is 0 Å². The van der Waals surface area contributed by atoms with Gasteiger partial charge >= 0.3 is 0 Å². The van der Waals surface area contributed by atoms with E-state index < -0.39 is 0 Å². The lowest BCUT2D eigenvalue weighted by atomic mass is 10.3. The van der Waals surface area contributed by atoms with Crippen LogP contribution >= 0.6 is 23.2 Å². The van der Waals surface area contributed by atoms with E-state index >= 15 is 0 Å². The molecule has 0 aliphatic rings. The van der Waals surface area contributed by atoms with Crippen LogP contribution < -0.4 is 10.6 Å². The van der Waals surface area contributed by atoms with E-state index in [2.05, 4.69) is 10.6 Å². The Morgan fingerprint density at radius 2 is 2.05 bits per heavy atom. The molecule has 0 spiro atoms. The molecule has 0 saturated heterocycles. The summed E-state index contributed by atoms with van der Waals surface area (Å²) in [4.78, 5) is 11.6. The second-order valence-electron chi connectivity index (χ2n) is 4.13. The summed E-state index contributed by atoms with van der Waals surface area (Å²) >= 11 is 11.9. The fourth-order valence-corrected chi connectivity index (χ4v) is 2.01. The van der Waals surface area contributed by atoms with Crippen LogP contribution in [0.5, 0.6) is 0 Å². The Kier molecular flexibility index (Phi) is 5.32. The third-order valence-corrected chi connectivity index (χ3v) is 3.48. The average Bonchev–Trinajstić information content (AvgIpc) is 2.94. The van der Waals surface area contributed by atoms with Crippen LogP contribution in [0.2, 0.25) is 10.0 Å². The number of furan rings is 1. The third-order valence-electron chi connectivity index (χ3n) is 2.66. The van der Waals surface area contributed by atoms with Crippen molar-refractivity contribution in [1.82, 2.24) is 5.32 Å². The van der Waals surface area contributed by atoms with Gasteiger partial charge in [0, 0.05) is 13.0 Å². The maximum absolute atomic E-state index is 11.6. The van der Waals surface area contributed by atoms with E-state index in [0.717, 1.165) is 11.4 Å². The highest BCUT2D eigenvalue weighted by Crippen LogP contribution is 2.29. The Labute approximate surface area is 127 Å². The minimum absolute atomic E-state index is 0.0629. The molecule has 1 amide bonds. The van der Waals surface area contributed by atoms with Gasteiger partial charge in [0.05, 0.1) is 28.5 Å². The lowest BCUT2D eigenvalue weighted by Gasteiger charge is -2.09. The molecular formula is C14H14Cl2N2O2. The molecule has 6 heteroatoms. The summed E-state index contributed by atoms with van der Waals surface area (Å²) < 4.78 is 5.12. The quantitative estimate of drug-likeness (QED) is 0.855. The Bertz CT molecular complexity index is 571. The van der Waals surface area contributed by atoms with E-state index in [1.54, 1.807) is 24.5 Å². The van der Waals surface area contributed by atoms with E-state index in [1.165, 1.54) is 0 Å². The van der Waals surface area contributed by atoms with E-state index in [-0.39, 0.29) is 5.91 Å². The molecule has 0 aliphatic heterocycles. The second-order valence-corrected chi connectivity index (χ2v) is 4.92. The van der Waals surface area contributed by atoms with Crippen molar-refractivity contribution in [3.8, 4) is 0 Å². The summed E-state index contributed by atoms with van der Waals surface area (Å²) in [5.41, 5.74) is 0.720. The molecule has 0 bridgehead atoms. The largest absolute Gasteiger partial charge is 0.467 e. The number of carbonyl (C=O) groups is 1. The van der Waals surface area contributed by atoms with Crippen molar-refractivity contribution in [2.45, 2.75) is 13.0 Å². The first kappa shape index (κ1) is 14.8. The molecule has 0 unspecified atom stereocenters. The highest BCUT2D eigenvalue weighted by Gasteiger charge is 2.05. The van der Waals surface area contributed by atoms with Gasteiger partial charge in [-0.05, 0) is 24.3 Å². The van der Waals surface area contributed by atoms with Crippen LogP contribution in [-0.4, -0.2) is 12.5 Å². The molecule has 106 valence electrons. The van der Waals surface area contributed by atoms with Gasteiger partial charge in [-0.3, -0.25) is 4.79 Å². The van der Waals surface area contributed by atoms with Crippen LogP contribution in [0, 0.1) is 0 Å². The first-order valence-corrected chi connectivity index (χ1v) is 6.89. The standard InChI is InChI=1S/C14H14Cl2N2O2/c15-11-4-1-5-12(14(11)16)17-7-6-13(19)18-9-10-3-2-8-20-10/h1-5,8,17H,6-7,9H2,(H,18,19). The Morgan fingerprint density at radius 3 is 2.80 bits per heavy atom. The van der Waals surface area contributed by atoms with Gasteiger partial charge in [-0.15, -0.1) is 0 Å². The number of rotatable bonds is 6. The SMILES string of the molecule is O=C(CCNc1cccc(Cl)c1Cl)NCc1ccco1. The van der Waals surface area contributed by atoms with E-state index in [4.69, 9.17) is 27.6 Å². The lowest BCUT2D eigenvalue weighted by molar-refractivity contribution is -0.121. The number of halogens is 2. The van der Waals surface area contributed by atoms with E-state index in [9.17, 15) is 4.79 Å². The van der Waals surface area contributed by atoms with Crippen molar-refractivity contribution in [2.75, 3.05) is 11.9 Å². The van der Waals surface area contributed by atoms with Crippen molar-refractivity contribution in [3.63, 3.8) is 0 Å². The maximum atomic E-state index is 11.6. The summed E-state index contributed by atoms with van der Waals surface area (Å²) in [6.45, 7) is 0.869. The highest BCUT2D eigenvalue weighted by atomic mass is 35.5. The number of carbonyl (C=O) groups excluding carboxylic acids is 1. The number of hydrogen-bond acceptors (Lipinski definition) is 3. The number of nitrogens with one attached hydrogen (secondary N) is 2. The summed E-state index contributed by atoms with van der Waals surface area (Å²) in [5.74, 6) is 0.663. The summed E-state index contributed by atoms with van der Waals surface area (Å²) in [7, 11) is 0. The van der Waals surface area contributed by atoms with Gasteiger partial charge in [0.25, 0.3) is 0 Å². The van der Waals surface area contributed by atoms with E-state index in [0.29, 0.717) is 29.6 Å². The number of hydrogen-bond donors (Lipinski definition) is 2. The summed E-state index contributed by atoms with van der Waals surface area (Å²) in [6.07, 6.45) is 1.91. The molecule has 1 aromatic heterocycles. The molecule has 2 aromatic rings. The number of amides is 1. The molecule has 0 atom stereocenters. The zero-order valence-corrected chi connectivity index (χ0v) is 12.2. The van der Waals surface area contributed by atoms with E-state index in [1.807, 2.05) is 12.1 Å². The van der Waals surface area contributed by atoms with Gasteiger partial charge in [0.1, 0.15) is 5.76 Å². The molecule has 20 heavy (non-hydrogen) atoms. The average molecular weight is 313 g/mol. The molecule has 2 N–H and O–H groups in total. The monoisotopic (exact) mass is 312 g/mol. The van der Waals surface area contributed by atoms with Gasteiger partial charge in [-0.2, -0.15) is 0 Å². The first-order valence-electron chi connectivity index (χ1n) is 6.14. The van der Waals surface area contributed by atoms with Crippen LogP contribution in [0.25, 0.3) is 0 Å². The van der Waals surface area contributed by atoms with Gasteiger partial charge < -0.3 is 15.1 Å². The van der Waals surface area contributed by atoms with Crippen molar-refractivity contribution >= 4 is 34.8 Å².